The molecule has 0 saturated heterocycles. The molecule has 52 heavy (non-hydrogen) atoms. The molecule has 0 aromatic heterocycles. The van der Waals surface area contributed by atoms with Crippen LogP contribution in [0.15, 0.2) is 24.3 Å². The van der Waals surface area contributed by atoms with E-state index in [2.05, 4.69) is 38.2 Å². The summed E-state index contributed by atoms with van der Waals surface area (Å²) < 4.78 is 6.04. The lowest BCUT2D eigenvalue weighted by molar-refractivity contribution is -0.150. The largest absolute Gasteiger partial charge is 0.481 e. The lowest BCUT2D eigenvalue weighted by Gasteiger charge is -2.18. The van der Waals surface area contributed by atoms with Crippen LogP contribution in [-0.2, 0) is 14.3 Å². The second-order valence-electron chi connectivity index (χ2n) is 15.9. The van der Waals surface area contributed by atoms with Gasteiger partial charge < -0.3 is 9.84 Å². The maximum absolute atomic E-state index is 12.7. The Bertz CT molecular complexity index is 787. The van der Waals surface area contributed by atoms with Gasteiger partial charge in [0.1, 0.15) is 6.10 Å². The molecule has 0 heterocycles. The number of unbranched alkanes of at least 4 members (excludes halogenated alkanes) is 30. The minimum absolute atomic E-state index is 0.00582. The van der Waals surface area contributed by atoms with Gasteiger partial charge in [-0.3, -0.25) is 9.59 Å². The Labute approximate surface area is 325 Å². The molecule has 0 spiro atoms. The fraction of sp³-hybridized carbons (Fsp3) is 0.875. The highest BCUT2D eigenvalue weighted by atomic mass is 16.5. The lowest BCUT2D eigenvalue weighted by atomic mass is 10.0. The maximum atomic E-state index is 12.7. The number of esters is 1. The standard InChI is InChI=1S/C48H90O4/c1-3-5-7-9-11-13-15-17-18-19-20-21-22-23-24-26-28-30-32-37-41-45-48(51)52-46(43-39-35-33-36-40-44-47(49)50)42-38-34-31-29-27-25-16-14-12-10-8-6-4-2/h11,13,17-18,46H,3-10,12,14-16,19-45H2,1-2H3,(H,49,50)/b13-11-,18-17-. The highest BCUT2D eigenvalue weighted by Gasteiger charge is 2.14. The molecule has 0 aliphatic rings. The van der Waals surface area contributed by atoms with Crippen LogP contribution in [-0.4, -0.2) is 23.1 Å². The zero-order valence-electron chi connectivity index (χ0n) is 35.1. The van der Waals surface area contributed by atoms with E-state index in [9.17, 15) is 9.59 Å². The first kappa shape index (κ1) is 50.4. The summed E-state index contributed by atoms with van der Waals surface area (Å²) in [6.07, 6.45) is 56.4. The predicted octanol–water partition coefficient (Wildman–Crippen LogP) is 16.3. The molecule has 306 valence electrons. The van der Waals surface area contributed by atoms with E-state index in [1.807, 2.05) is 0 Å². The number of rotatable bonds is 43. The molecule has 1 N–H and O–H groups in total. The molecule has 0 radical (unpaired) electrons. The molecule has 0 aliphatic carbocycles. The minimum Gasteiger partial charge on any atom is -0.481 e. The monoisotopic (exact) mass is 731 g/mol. The van der Waals surface area contributed by atoms with Crippen molar-refractivity contribution in [3.63, 3.8) is 0 Å². The number of ether oxygens (including phenoxy) is 1. The topological polar surface area (TPSA) is 63.6 Å². The van der Waals surface area contributed by atoms with Gasteiger partial charge in [0.05, 0.1) is 0 Å². The first-order chi connectivity index (χ1) is 25.6. The van der Waals surface area contributed by atoms with Crippen molar-refractivity contribution in [1.82, 2.24) is 0 Å². The number of carbonyl (C=O) groups is 2. The first-order valence-corrected chi connectivity index (χ1v) is 23.3. The van der Waals surface area contributed by atoms with E-state index in [0.717, 1.165) is 70.6 Å². The summed E-state index contributed by atoms with van der Waals surface area (Å²) in [5.41, 5.74) is 0. The fourth-order valence-corrected chi connectivity index (χ4v) is 7.22. The molecule has 0 aliphatic heterocycles. The number of aliphatic carboxylic acids is 1. The van der Waals surface area contributed by atoms with Crippen molar-refractivity contribution < 1.29 is 19.4 Å². The zero-order chi connectivity index (χ0) is 37.8. The van der Waals surface area contributed by atoms with Crippen LogP contribution in [0.1, 0.15) is 264 Å². The van der Waals surface area contributed by atoms with E-state index >= 15 is 0 Å². The van der Waals surface area contributed by atoms with E-state index < -0.39 is 5.97 Å². The number of carbonyl (C=O) groups excluding carboxylic acids is 1. The molecule has 0 bridgehead atoms. The Kier molecular flexibility index (Phi) is 42.5. The van der Waals surface area contributed by atoms with Crippen molar-refractivity contribution in [1.29, 1.82) is 0 Å². The van der Waals surface area contributed by atoms with Crippen molar-refractivity contribution in [2.24, 2.45) is 0 Å². The van der Waals surface area contributed by atoms with Crippen molar-refractivity contribution in [2.45, 2.75) is 270 Å². The molecular weight excluding hydrogens is 641 g/mol. The van der Waals surface area contributed by atoms with Crippen LogP contribution in [0.2, 0.25) is 0 Å². The molecule has 1 unspecified atom stereocenters. The van der Waals surface area contributed by atoms with Crippen molar-refractivity contribution in [3.05, 3.63) is 24.3 Å². The summed E-state index contributed by atoms with van der Waals surface area (Å²) in [7, 11) is 0. The minimum atomic E-state index is -0.697. The van der Waals surface area contributed by atoms with Crippen LogP contribution in [0.25, 0.3) is 0 Å². The second kappa shape index (κ2) is 43.8. The van der Waals surface area contributed by atoms with Gasteiger partial charge in [0.25, 0.3) is 0 Å². The Hall–Kier alpha value is -1.58. The van der Waals surface area contributed by atoms with Crippen LogP contribution in [0, 0.1) is 0 Å². The van der Waals surface area contributed by atoms with Gasteiger partial charge >= 0.3 is 11.9 Å². The SMILES string of the molecule is CCCCC/C=C\C/C=C\CCCCCCCCCCCCCC(=O)OC(CCCCCCCCCCCCCCC)CCCCCCCC(=O)O. The average Bonchev–Trinajstić information content (AvgIpc) is 3.13. The van der Waals surface area contributed by atoms with Gasteiger partial charge in [-0.2, -0.15) is 0 Å². The summed E-state index contributed by atoms with van der Waals surface area (Å²) in [5, 5.41) is 8.85. The molecule has 0 saturated carbocycles. The highest BCUT2D eigenvalue weighted by Crippen LogP contribution is 2.19. The fourth-order valence-electron chi connectivity index (χ4n) is 7.22. The lowest BCUT2D eigenvalue weighted by Crippen LogP contribution is -2.18. The van der Waals surface area contributed by atoms with Gasteiger partial charge in [0, 0.05) is 12.8 Å². The van der Waals surface area contributed by atoms with E-state index in [1.54, 1.807) is 0 Å². The van der Waals surface area contributed by atoms with Gasteiger partial charge in [0.2, 0.25) is 0 Å². The Morgan fingerprint density at radius 3 is 1.17 bits per heavy atom. The van der Waals surface area contributed by atoms with E-state index in [0.29, 0.717) is 6.42 Å². The first-order valence-electron chi connectivity index (χ1n) is 23.3. The molecule has 4 nitrogen and oxygen atoms in total. The van der Waals surface area contributed by atoms with E-state index in [1.165, 1.54) is 167 Å². The van der Waals surface area contributed by atoms with Crippen LogP contribution in [0.5, 0.6) is 0 Å². The summed E-state index contributed by atoms with van der Waals surface area (Å²) in [6, 6.07) is 0. The second-order valence-corrected chi connectivity index (χ2v) is 15.9. The van der Waals surface area contributed by atoms with Crippen molar-refractivity contribution in [2.75, 3.05) is 0 Å². The van der Waals surface area contributed by atoms with Crippen LogP contribution < -0.4 is 0 Å². The zero-order valence-corrected chi connectivity index (χ0v) is 35.1. The van der Waals surface area contributed by atoms with Gasteiger partial charge in [-0.15, -0.1) is 0 Å². The average molecular weight is 731 g/mol. The predicted molar refractivity (Wildman–Crippen MR) is 227 cm³/mol. The third kappa shape index (κ3) is 42.8. The molecule has 0 amide bonds. The smallest absolute Gasteiger partial charge is 0.306 e. The van der Waals surface area contributed by atoms with Gasteiger partial charge in [-0.05, 0) is 70.6 Å². The van der Waals surface area contributed by atoms with Gasteiger partial charge in [-0.1, -0.05) is 205 Å². The van der Waals surface area contributed by atoms with Crippen LogP contribution >= 0.6 is 0 Å². The third-order valence-corrected chi connectivity index (χ3v) is 10.7. The summed E-state index contributed by atoms with van der Waals surface area (Å²) in [4.78, 5) is 23.5. The van der Waals surface area contributed by atoms with Crippen molar-refractivity contribution in [3.8, 4) is 0 Å². The number of hydrogen-bond acceptors (Lipinski definition) is 3. The van der Waals surface area contributed by atoms with Gasteiger partial charge in [-0.25, -0.2) is 0 Å². The summed E-state index contributed by atoms with van der Waals surface area (Å²) in [6.45, 7) is 4.54. The molecule has 1 atom stereocenters. The Morgan fingerprint density at radius 1 is 0.423 bits per heavy atom. The molecule has 0 fully saturated rings. The Morgan fingerprint density at radius 2 is 0.750 bits per heavy atom. The number of hydrogen-bond donors (Lipinski definition) is 1. The molecule has 0 rings (SSSR count). The van der Waals surface area contributed by atoms with E-state index in [-0.39, 0.29) is 18.5 Å². The van der Waals surface area contributed by atoms with Crippen LogP contribution in [0.4, 0.5) is 0 Å². The maximum Gasteiger partial charge on any atom is 0.306 e. The number of allylic oxidation sites excluding steroid dienone is 4. The molecular formula is C48H90O4. The highest BCUT2D eigenvalue weighted by molar-refractivity contribution is 5.69. The quantitative estimate of drug-likeness (QED) is 0.0385. The van der Waals surface area contributed by atoms with Crippen LogP contribution in [0.3, 0.4) is 0 Å². The van der Waals surface area contributed by atoms with E-state index in [4.69, 9.17) is 9.84 Å². The molecule has 0 aromatic rings. The Balaban J connectivity index is 3.92. The summed E-state index contributed by atoms with van der Waals surface area (Å²) >= 11 is 0. The van der Waals surface area contributed by atoms with Gasteiger partial charge in [0.15, 0.2) is 0 Å². The van der Waals surface area contributed by atoms with Crippen molar-refractivity contribution >= 4 is 11.9 Å². The molecule has 0 aromatic carbocycles. The molecule has 4 heteroatoms. The third-order valence-electron chi connectivity index (χ3n) is 10.7. The summed E-state index contributed by atoms with van der Waals surface area (Å²) in [5.74, 6) is -0.691. The normalized spacial score (nSPS) is 12.3. The number of carboxylic acids is 1. The number of carboxylic acid groups (broad SMARTS) is 1.